The minimum Gasteiger partial charge on any atom is -0.360 e. The Bertz CT molecular complexity index is 388. The summed E-state index contributed by atoms with van der Waals surface area (Å²) in [7, 11) is 0. The number of thioether (sulfide) groups is 1. The maximum absolute atomic E-state index is 12.1. The Kier molecular flexibility index (Phi) is 5.72. The largest absolute Gasteiger partial charge is 0.360 e. The Morgan fingerprint density at radius 2 is 2.11 bits per heavy atom. The molecule has 1 amide bonds. The first kappa shape index (κ1) is 15.1. The fraction of sp³-hybridized carbons (Fsp3) is 0.692. The molecule has 102 valence electrons. The second-order valence-electron chi connectivity index (χ2n) is 5.13. The molecule has 0 atom stereocenters. The molecule has 0 aromatic carbocycles. The van der Waals surface area contributed by atoms with Gasteiger partial charge in [-0.25, -0.2) is 0 Å². The van der Waals surface area contributed by atoms with Gasteiger partial charge < -0.3 is 9.42 Å². The van der Waals surface area contributed by atoms with E-state index in [1.54, 1.807) is 0 Å². The minimum absolute atomic E-state index is 0.104. The van der Waals surface area contributed by atoms with Gasteiger partial charge in [-0.1, -0.05) is 30.8 Å². The average molecular weight is 270 g/mol. The quantitative estimate of drug-likeness (QED) is 0.818. The highest BCUT2D eigenvalue weighted by Gasteiger charge is 2.19. The van der Waals surface area contributed by atoms with Crippen molar-refractivity contribution in [1.29, 1.82) is 0 Å². The van der Waals surface area contributed by atoms with Crippen molar-refractivity contribution in [3.8, 4) is 0 Å². The number of nitrogens with zero attached hydrogens (tertiary/aromatic N) is 2. The summed E-state index contributed by atoms with van der Waals surface area (Å²) in [6, 6.07) is 2.09. The molecular formula is C13H22N2O2S. The fourth-order valence-electron chi connectivity index (χ4n) is 1.59. The maximum Gasteiger partial charge on any atom is 0.282 e. The third-order valence-electron chi connectivity index (χ3n) is 2.43. The van der Waals surface area contributed by atoms with E-state index in [0.29, 0.717) is 11.7 Å². The van der Waals surface area contributed by atoms with Crippen LogP contribution < -0.4 is 0 Å². The van der Waals surface area contributed by atoms with Gasteiger partial charge >= 0.3 is 0 Å². The van der Waals surface area contributed by atoms with Gasteiger partial charge in [-0.15, -0.1) is 0 Å². The fourth-order valence-corrected chi connectivity index (χ4v) is 2.44. The Balaban J connectivity index is 2.51. The highest BCUT2D eigenvalue weighted by atomic mass is 32.2. The lowest BCUT2D eigenvalue weighted by molar-refractivity contribution is 0.199. The van der Waals surface area contributed by atoms with Gasteiger partial charge in [-0.05, 0) is 26.7 Å². The summed E-state index contributed by atoms with van der Waals surface area (Å²) in [4.78, 5) is 14.0. The summed E-state index contributed by atoms with van der Waals surface area (Å²) in [6.45, 7) is 11.0. The maximum atomic E-state index is 12.1. The molecule has 0 aliphatic rings. The van der Waals surface area contributed by atoms with E-state index in [0.717, 1.165) is 18.0 Å². The molecule has 4 nitrogen and oxygen atoms in total. The number of aromatic nitrogens is 1. The number of carbonyl (C=O) groups is 1. The normalized spacial score (nSPS) is 11.3. The van der Waals surface area contributed by atoms with E-state index >= 15 is 0 Å². The summed E-state index contributed by atoms with van der Waals surface area (Å²) in [5.41, 5.74) is 0.848. The Hall–Kier alpha value is -0.970. The van der Waals surface area contributed by atoms with Crippen molar-refractivity contribution in [3.63, 3.8) is 0 Å². The predicted molar refractivity (Wildman–Crippen MR) is 74.6 cm³/mol. The van der Waals surface area contributed by atoms with Crippen LogP contribution in [0.4, 0.5) is 4.79 Å². The number of rotatable bonds is 5. The van der Waals surface area contributed by atoms with Crippen LogP contribution in [0.25, 0.3) is 0 Å². The third-order valence-corrected chi connectivity index (χ3v) is 3.34. The van der Waals surface area contributed by atoms with E-state index in [4.69, 9.17) is 4.52 Å². The minimum atomic E-state index is 0.104. The van der Waals surface area contributed by atoms with E-state index in [9.17, 15) is 4.79 Å². The molecule has 5 heteroatoms. The Morgan fingerprint density at radius 1 is 1.44 bits per heavy atom. The van der Waals surface area contributed by atoms with Crippen molar-refractivity contribution in [3.05, 3.63) is 17.5 Å². The van der Waals surface area contributed by atoms with Crippen molar-refractivity contribution >= 4 is 17.0 Å². The monoisotopic (exact) mass is 270 g/mol. The van der Waals surface area contributed by atoms with Crippen molar-refractivity contribution < 1.29 is 9.32 Å². The number of hydrogen-bond donors (Lipinski definition) is 0. The average Bonchev–Trinajstić information content (AvgIpc) is 2.68. The van der Waals surface area contributed by atoms with E-state index < -0.39 is 0 Å². The van der Waals surface area contributed by atoms with Crippen LogP contribution in [0.3, 0.4) is 0 Å². The molecule has 0 saturated heterocycles. The molecule has 1 rings (SSSR count). The van der Waals surface area contributed by atoms with Crippen LogP contribution >= 0.6 is 11.8 Å². The summed E-state index contributed by atoms with van der Waals surface area (Å²) < 4.78 is 5.09. The van der Waals surface area contributed by atoms with Gasteiger partial charge in [-0.2, -0.15) is 0 Å². The van der Waals surface area contributed by atoms with E-state index in [2.05, 4.69) is 19.0 Å². The van der Waals surface area contributed by atoms with Gasteiger partial charge in [0, 0.05) is 18.7 Å². The lowest BCUT2D eigenvalue weighted by atomic mass is 10.2. The van der Waals surface area contributed by atoms with Crippen LogP contribution in [-0.4, -0.2) is 27.9 Å². The van der Waals surface area contributed by atoms with Gasteiger partial charge in [0.25, 0.3) is 5.24 Å². The van der Waals surface area contributed by atoms with Crippen LogP contribution in [-0.2, 0) is 5.75 Å². The van der Waals surface area contributed by atoms with Crippen LogP contribution in [0.5, 0.6) is 0 Å². The summed E-state index contributed by atoms with van der Waals surface area (Å²) >= 11 is 1.27. The van der Waals surface area contributed by atoms with Crippen molar-refractivity contribution in [2.45, 2.75) is 46.4 Å². The van der Waals surface area contributed by atoms with Crippen molar-refractivity contribution in [2.24, 2.45) is 5.92 Å². The molecular weight excluding hydrogens is 248 g/mol. The lowest BCUT2D eigenvalue weighted by Crippen LogP contribution is -2.37. The Labute approximate surface area is 113 Å². The summed E-state index contributed by atoms with van der Waals surface area (Å²) in [5.74, 6) is 1.77. The molecule has 0 saturated carbocycles. The van der Waals surface area contributed by atoms with Gasteiger partial charge in [0.05, 0.1) is 11.4 Å². The standard InChI is InChI=1S/C13H22N2O2S/c1-9(2)7-15(10(3)4)13(16)18-8-12-6-11(5)14-17-12/h6,9-10H,7-8H2,1-5H3. The van der Waals surface area contributed by atoms with Gasteiger partial charge in [0.2, 0.25) is 0 Å². The van der Waals surface area contributed by atoms with Crippen molar-refractivity contribution in [2.75, 3.05) is 6.54 Å². The molecule has 1 aromatic rings. The topological polar surface area (TPSA) is 46.3 Å². The molecule has 0 spiro atoms. The zero-order chi connectivity index (χ0) is 13.7. The first-order valence-corrected chi connectivity index (χ1v) is 7.24. The third kappa shape index (κ3) is 4.72. The molecule has 0 radical (unpaired) electrons. The van der Waals surface area contributed by atoms with Crippen LogP contribution in [0, 0.1) is 12.8 Å². The highest BCUT2D eigenvalue weighted by Crippen LogP contribution is 2.19. The Morgan fingerprint density at radius 3 is 2.56 bits per heavy atom. The van der Waals surface area contributed by atoms with E-state index in [1.165, 1.54) is 11.8 Å². The molecule has 0 unspecified atom stereocenters. The molecule has 18 heavy (non-hydrogen) atoms. The van der Waals surface area contributed by atoms with Gasteiger partial charge in [0.15, 0.2) is 0 Å². The summed E-state index contributed by atoms with van der Waals surface area (Å²) in [6.07, 6.45) is 0. The number of hydrogen-bond acceptors (Lipinski definition) is 4. The zero-order valence-corrected chi connectivity index (χ0v) is 12.6. The second kappa shape index (κ2) is 6.83. The molecule has 0 N–H and O–H groups in total. The van der Waals surface area contributed by atoms with E-state index in [1.807, 2.05) is 31.7 Å². The molecule has 0 aliphatic heterocycles. The van der Waals surface area contributed by atoms with Crippen LogP contribution in [0.2, 0.25) is 0 Å². The molecule has 0 bridgehead atoms. The predicted octanol–water partition coefficient (Wildman–Crippen LogP) is 3.70. The highest BCUT2D eigenvalue weighted by molar-refractivity contribution is 8.12. The lowest BCUT2D eigenvalue weighted by Gasteiger charge is -2.27. The molecule has 1 aromatic heterocycles. The second-order valence-corrected chi connectivity index (χ2v) is 6.06. The first-order chi connectivity index (χ1) is 8.40. The van der Waals surface area contributed by atoms with Crippen LogP contribution in [0.15, 0.2) is 10.6 Å². The van der Waals surface area contributed by atoms with E-state index in [-0.39, 0.29) is 11.3 Å². The number of carbonyl (C=O) groups excluding carboxylic acids is 1. The molecule has 0 fully saturated rings. The zero-order valence-electron chi connectivity index (χ0n) is 11.8. The molecule has 0 aliphatic carbocycles. The van der Waals surface area contributed by atoms with Crippen molar-refractivity contribution in [1.82, 2.24) is 10.1 Å². The first-order valence-electron chi connectivity index (χ1n) is 6.25. The van der Waals surface area contributed by atoms with Gasteiger partial charge in [0.1, 0.15) is 5.76 Å². The smallest absolute Gasteiger partial charge is 0.282 e. The van der Waals surface area contributed by atoms with Gasteiger partial charge in [-0.3, -0.25) is 4.79 Å². The summed E-state index contributed by atoms with van der Waals surface area (Å²) in [5, 5.41) is 3.91. The molecule has 1 heterocycles. The number of amides is 1. The number of aryl methyl sites for hydroxylation is 1. The van der Waals surface area contributed by atoms with Crippen LogP contribution in [0.1, 0.15) is 39.1 Å². The SMILES string of the molecule is Cc1cc(CSC(=O)N(CC(C)C)C(C)C)on1.